The van der Waals surface area contributed by atoms with Crippen molar-refractivity contribution in [3.8, 4) is 0 Å². The summed E-state index contributed by atoms with van der Waals surface area (Å²) >= 11 is 0. The molecule has 4 aliphatic rings. The van der Waals surface area contributed by atoms with Gasteiger partial charge in [-0.1, -0.05) is 12.5 Å². The summed E-state index contributed by atoms with van der Waals surface area (Å²) < 4.78 is 5.53. The molecule has 0 aromatic carbocycles. The molecule has 136 valence electrons. The number of Topliss-reactive ketones (excluding diaryl/α,β-unsaturated/α-hetero) is 1. The molecule has 0 saturated heterocycles. The third-order valence-electron chi connectivity index (χ3n) is 7.93. The molecule has 4 rings (SSSR count). The summed E-state index contributed by atoms with van der Waals surface area (Å²) in [6.07, 6.45) is 8.86. The van der Waals surface area contributed by atoms with Crippen molar-refractivity contribution in [2.24, 2.45) is 28.6 Å². The molecule has 0 aliphatic heterocycles. The smallest absolute Gasteiger partial charge is 0.302 e. The summed E-state index contributed by atoms with van der Waals surface area (Å²) in [5.41, 5.74) is 0.893. The maximum absolute atomic E-state index is 12.5. The van der Waals surface area contributed by atoms with Crippen LogP contribution in [0.2, 0.25) is 0 Å². The summed E-state index contributed by atoms with van der Waals surface area (Å²) in [4.78, 5) is 36.0. The van der Waals surface area contributed by atoms with Gasteiger partial charge in [-0.2, -0.15) is 0 Å². The van der Waals surface area contributed by atoms with Gasteiger partial charge in [0.1, 0.15) is 12.4 Å². The quantitative estimate of drug-likeness (QED) is 0.718. The molecule has 4 nitrogen and oxygen atoms in total. The van der Waals surface area contributed by atoms with Crippen molar-refractivity contribution in [3.63, 3.8) is 0 Å². The molecule has 4 heteroatoms. The van der Waals surface area contributed by atoms with E-state index < -0.39 is 0 Å². The molecule has 5 atom stereocenters. The van der Waals surface area contributed by atoms with Gasteiger partial charge in [0.05, 0.1) is 0 Å². The van der Waals surface area contributed by atoms with Gasteiger partial charge in [-0.05, 0) is 62.4 Å². The van der Waals surface area contributed by atoms with Gasteiger partial charge in [0, 0.05) is 30.6 Å². The zero-order chi connectivity index (χ0) is 17.8. The van der Waals surface area contributed by atoms with E-state index in [2.05, 4.69) is 6.92 Å². The maximum Gasteiger partial charge on any atom is 0.302 e. The highest BCUT2D eigenvalue weighted by molar-refractivity contribution is 5.92. The number of rotatable bonds is 2. The Hall–Kier alpha value is -1.45. The van der Waals surface area contributed by atoms with Crippen LogP contribution in [0.4, 0.5) is 0 Å². The molecule has 3 fully saturated rings. The van der Waals surface area contributed by atoms with Gasteiger partial charge in [0.15, 0.2) is 5.78 Å². The van der Waals surface area contributed by atoms with Crippen molar-refractivity contribution in [3.05, 3.63) is 11.6 Å². The number of ether oxygens (including phenoxy) is 1. The molecule has 0 radical (unpaired) electrons. The van der Waals surface area contributed by atoms with E-state index in [1.165, 1.54) is 12.5 Å². The first kappa shape index (κ1) is 17.0. The van der Waals surface area contributed by atoms with Gasteiger partial charge in [-0.3, -0.25) is 14.4 Å². The lowest BCUT2D eigenvalue weighted by Crippen LogP contribution is -2.53. The molecule has 0 amide bonds. The van der Waals surface area contributed by atoms with Crippen LogP contribution in [0.25, 0.3) is 0 Å². The summed E-state index contributed by atoms with van der Waals surface area (Å²) in [6.45, 7) is 4.04. The summed E-state index contributed by atoms with van der Waals surface area (Å²) in [5.74, 6) is 1.83. The molecule has 0 aromatic rings. The minimum atomic E-state index is -0.246. The van der Waals surface area contributed by atoms with Gasteiger partial charge >= 0.3 is 5.97 Å². The maximum atomic E-state index is 12.5. The zero-order valence-corrected chi connectivity index (χ0v) is 15.3. The zero-order valence-electron chi connectivity index (χ0n) is 15.3. The van der Waals surface area contributed by atoms with Crippen LogP contribution in [-0.2, 0) is 19.1 Å². The molecule has 0 N–H and O–H groups in total. The third-order valence-corrected chi connectivity index (χ3v) is 7.93. The van der Waals surface area contributed by atoms with Crippen LogP contribution in [0.1, 0.15) is 65.2 Å². The van der Waals surface area contributed by atoms with Crippen LogP contribution >= 0.6 is 0 Å². The Morgan fingerprint density at radius 3 is 2.68 bits per heavy atom. The van der Waals surface area contributed by atoms with Gasteiger partial charge in [0.2, 0.25) is 0 Å². The van der Waals surface area contributed by atoms with E-state index in [9.17, 15) is 14.4 Å². The van der Waals surface area contributed by atoms with E-state index in [1.54, 1.807) is 0 Å². The van der Waals surface area contributed by atoms with Crippen LogP contribution in [0.5, 0.6) is 0 Å². The topological polar surface area (TPSA) is 60.4 Å². The van der Waals surface area contributed by atoms with Crippen molar-refractivity contribution in [2.75, 3.05) is 6.61 Å². The first-order valence-electron chi connectivity index (χ1n) is 9.77. The lowest BCUT2D eigenvalue weighted by atomic mass is 9.47. The number of hydrogen-bond acceptors (Lipinski definition) is 4. The molecule has 4 aliphatic carbocycles. The van der Waals surface area contributed by atoms with Crippen molar-refractivity contribution < 1.29 is 19.1 Å². The van der Waals surface area contributed by atoms with Crippen LogP contribution < -0.4 is 0 Å². The molecule has 25 heavy (non-hydrogen) atoms. The highest BCUT2D eigenvalue weighted by atomic mass is 16.5. The molecule has 0 aromatic heterocycles. The van der Waals surface area contributed by atoms with Gasteiger partial charge in [-0.25, -0.2) is 0 Å². The third kappa shape index (κ3) is 2.43. The predicted octanol–water partition coefficient (Wildman–Crippen LogP) is 3.63. The number of fused-ring (bicyclic) bond motifs is 5. The molecule has 0 spiro atoms. The van der Waals surface area contributed by atoms with E-state index >= 15 is 0 Å². The molecular weight excluding hydrogens is 316 g/mol. The SMILES string of the molecule is CC(=O)OC[C@]12CCC(=O)C=C1CC[C@@H]1[C@@H]2CC[C@]2(C)C(=O)CC[C@@H]12. The fourth-order valence-corrected chi connectivity index (χ4v) is 6.63. The number of carbonyl (C=O) groups is 3. The van der Waals surface area contributed by atoms with Crippen molar-refractivity contribution in [1.82, 2.24) is 0 Å². The molecule has 0 unspecified atom stereocenters. The van der Waals surface area contributed by atoms with Crippen LogP contribution in [0.15, 0.2) is 11.6 Å². The standard InChI is InChI=1S/C21H28O4/c1-13(22)25-12-21-10-7-15(23)11-14(21)3-4-16-17-5-6-19(24)20(17,2)9-8-18(16)21/h11,16-18H,3-10,12H2,1-2H3/t16-,17-,18-,20-,21+/m0/s1. The average molecular weight is 344 g/mol. The van der Waals surface area contributed by atoms with Crippen molar-refractivity contribution in [1.29, 1.82) is 0 Å². The average Bonchev–Trinajstić information content (AvgIpc) is 2.88. The normalized spacial score (nSPS) is 43.0. The van der Waals surface area contributed by atoms with Crippen molar-refractivity contribution >= 4 is 17.5 Å². The second-order valence-corrected chi connectivity index (χ2v) is 8.91. The monoisotopic (exact) mass is 344 g/mol. The number of ketones is 2. The molecule has 3 saturated carbocycles. The first-order chi connectivity index (χ1) is 11.9. The lowest BCUT2D eigenvalue weighted by Gasteiger charge is -2.57. The van der Waals surface area contributed by atoms with Crippen LogP contribution in [0, 0.1) is 28.6 Å². The van der Waals surface area contributed by atoms with E-state index in [4.69, 9.17) is 4.74 Å². The number of esters is 1. The Morgan fingerprint density at radius 1 is 1.12 bits per heavy atom. The van der Waals surface area contributed by atoms with E-state index in [-0.39, 0.29) is 22.6 Å². The van der Waals surface area contributed by atoms with Crippen LogP contribution in [0.3, 0.4) is 0 Å². The minimum Gasteiger partial charge on any atom is -0.465 e. The van der Waals surface area contributed by atoms with Gasteiger partial charge < -0.3 is 4.74 Å². The number of hydrogen-bond donors (Lipinski definition) is 0. The minimum absolute atomic E-state index is 0.143. The Labute approximate surface area is 149 Å². The Morgan fingerprint density at radius 2 is 1.92 bits per heavy atom. The van der Waals surface area contributed by atoms with Crippen LogP contribution in [-0.4, -0.2) is 24.1 Å². The van der Waals surface area contributed by atoms with Gasteiger partial charge in [-0.15, -0.1) is 0 Å². The Bertz CT molecular complexity index is 663. The Balaban J connectivity index is 1.71. The van der Waals surface area contributed by atoms with Gasteiger partial charge in [0.25, 0.3) is 0 Å². The van der Waals surface area contributed by atoms with E-state index in [0.29, 0.717) is 36.6 Å². The first-order valence-corrected chi connectivity index (χ1v) is 9.77. The summed E-state index contributed by atoms with van der Waals surface area (Å²) in [5, 5.41) is 0. The van der Waals surface area contributed by atoms with E-state index in [1.807, 2.05) is 6.08 Å². The molecule has 0 bridgehead atoms. The second kappa shape index (κ2) is 5.78. The van der Waals surface area contributed by atoms with Crippen molar-refractivity contribution in [2.45, 2.75) is 65.2 Å². The highest BCUT2D eigenvalue weighted by Crippen LogP contribution is 2.64. The second-order valence-electron chi connectivity index (χ2n) is 8.91. The lowest BCUT2D eigenvalue weighted by molar-refractivity contribution is -0.150. The Kier molecular flexibility index (Phi) is 3.93. The van der Waals surface area contributed by atoms with E-state index in [0.717, 1.165) is 44.9 Å². The predicted molar refractivity (Wildman–Crippen MR) is 92.7 cm³/mol. The molecular formula is C21H28O4. The fourth-order valence-electron chi connectivity index (χ4n) is 6.63. The summed E-state index contributed by atoms with van der Waals surface area (Å²) in [6, 6.07) is 0. The largest absolute Gasteiger partial charge is 0.465 e. The summed E-state index contributed by atoms with van der Waals surface area (Å²) in [7, 11) is 0. The fraction of sp³-hybridized carbons (Fsp3) is 0.762. The molecule has 0 heterocycles. The number of carbonyl (C=O) groups excluding carboxylic acids is 3. The highest BCUT2D eigenvalue weighted by Gasteiger charge is 2.60.